The van der Waals surface area contributed by atoms with Crippen LogP contribution < -0.4 is 10.1 Å². The molecule has 1 fully saturated rings. The molecular weight excluding hydrogens is 382 g/mol. The van der Waals surface area contributed by atoms with Gasteiger partial charge in [-0.15, -0.1) is 0 Å². The molecule has 0 spiro atoms. The Morgan fingerprint density at radius 3 is 2.79 bits per heavy atom. The van der Waals surface area contributed by atoms with Crippen molar-refractivity contribution in [1.29, 1.82) is 5.26 Å². The highest BCUT2D eigenvalue weighted by atomic mass is 19.3. The summed E-state index contributed by atoms with van der Waals surface area (Å²) in [5.74, 6) is 0.0226. The third-order valence-corrected chi connectivity index (χ3v) is 4.95. The molecule has 1 atom stereocenters. The van der Waals surface area contributed by atoms with E-state index in [9.17, 15) is 19.1 Å². The number of pyridine rings is 1. The number of β-amino-alcohol motifs (C(OH)–C–C–N with tert-alkyl or cyclic N) is 1. The van der Waals surface area contributed by atoms with Gasteiger partial charge in [-0.25, -0.2) is 0 Å². The summed E-state index contributed by atoms with van der Waals surface area (Å²) >= 11 is 0. The highest BCUT2D eigenvalue weighted by molar-refractivity contribution is 5.95. The summed E-state index contributed by atoms with van der Waals surface area (Å²) in [6.07, 6.45) is 2.60. The number of nitriles is 1. The van der Waals surface area contributed by atoms with E-state index in [0.717, 1.165) is 25.9 Å². The lowest BCUT2D eigenvalue weighted by atomic mass is 10.0. The highest BCUT2D eigenvalue weighted by Crippen LogP contribution is 2.31. The van der Waals surface area contributed by atoms with Crippen molar-refractivity contribution < 1.29 is 23.4 Å². The summed E-state index contributed by atoms with van der Waals surface area (Å²) in [6.45, 7) is -0.480. The molecule has 1 aliphatic heterocycles. The van der Waals surface area contributed by atoms with E-state index in [1.54, 1.807) is 13.2 Å². The minimum absolute atomic E-state index is 0.0226. The Hall–Kier alpha value is -2.54. The molecule has 0 saturated carbocycles. The minimum atomic E-state index is -2.92. The molecule has 2 aromatic rings. The van der Waals surface area contributed by atoms with Crippen molar-refractivity contribution in [2.75, 3.05) is 38.7 Å². The number of nitrogens with one attached hydrogen (secondary N) is 1. The van der Waals surface area contributed by atoms with E-state index < -0.39 is 12.7 Å². The molecule has 0 unspecified atom stereocenters. The normalized spacial score (nSPS) is 16.7. The van der Waals surface area contributed by atoms with E-state index in [1.807, 2.05) is 0 Å². The Bertz CT molecular complexity index is 867. The third kappa shape index (κ3) is 5.50. The second kappa shape index (κ2) is 9.78. The Morgan fingerprint density at radius 2 is 2.14 bits per heavy atom. The second-order valence-electron chi connectivity index (χ2n) is 7.04. The minimum Gasteiger partial charge on any atom is -0.435 e. The van der Waals surface area contributed by atoms with Crippen LogP contribution in [0, 0.1) is 11.3 Å². The smallest absolute Gasteiger partial charge is 0.387 e. The zero-order valence-corrected chi connectivity index (χ0v) is 16.1. The number of methoxy groups -OCH3 is 1. The van der Waals surface area contributed by atoms with Crippen LogP contribution in [0.2, 0.25) is 0 Å². The number of aliphatic hydroxyl groups is 1. The largest absolute Gasteiger partial charge is 0.435 e. The van der Waals surface area contributed by atoms with Crippen molar-refractivity contribution in [3.05, 3.63) is 30.0 Å². The number of fused-ring (bicyclic) bond motifs is 1. The van der Waals surface area contributed by atoms with Crippen LogP contribution in [0.1, 0.15) is 18.4 Å². The molecule has 156 valence electrons. The topological polar surface area (TPSA) is 90.6 Å². The van der Waals surface area contributed by atoms with Gasteiger partial charge in [0.25, 0.3) is 0 Å². The van der Waals surface area contributed by atoms with Gasteiger partial charge in [0.2, 0.25) is 0 Å². The number of alkyl halides is 2. The van der Waals surface area contributed by atoms with Crippen molar-refractivity contribution in [2.45, 2.75) is 31.6 Å². The number of benzene rings is 1. The predicted octanol–water partition coefficient (Wildman–Crippen LogP) is 2.59. The summed E-state index contributed by atoms with van der Waals surface area (Å²) < 4.78 is 34.6. The lowest BCUT2D eigenvalue weighted by molar-refractivity contribution is -0.0497. The number of piperidine rings is 1. The fourth-order valence-electron chi connectivity index (χ4n) is 3.60. The van der Waals surface area contributed by atoms with E-state index in [-0.39, 0.29) is 11.8 Å². The first-order valence-electron chi connectivity index (χ1n) is 9.43. The fraction of sp³-hybridized carbons (Fsp3) is 0.500. The van der Waals surface area contributed by atoms with Crippen LogP contribution in [0.3, 0.4) is 0 Å². The molecule has 0 bridgehead atoms. The molecule has 1 aromatic heterocycles. The van der Waals surface area contributed by atoms with Gasteiger partial charge in [-0.2, -0.15) is 14.0 Å². The average molecular weight is 406 g/mol. The first-order chi connectivity index (χ1) is 14.0. The summed E-state index contributed by atoms with van der Waals surface area (Å²) in [4.78, 5) is 6.41. The third-order valence-electron chi connectivity index (χ3n) is 4.95. The van der Waals surface area contributed by atoms with Gasteiger partial charge < -0.3 is 24.8 Å². The molecule has 0 radical (unpaired) electrons. The molecule has 0 amide bonds. The Morgan fingerprint density at radius 1 is 1.38 bits per heavy atom. The maximum atomic E-state index is 12.6. The van der Waals surface area contributed by atoms with Crippen molar-refractivity contribution in [3.8, 4) is 11.8 Å². The molecule has 7 nitrogen and oxygen atoms in total. The quantitative estimate of drug-likeness (QED) is 0.696. The van der Waals surface area contributed by atoms with Gasteiger partial charge >= 0.3 is 6.61 Å². The van der Waals surface area contributed by atoms with Gasteiger partial charge in [0, 0.05) is 44.4 Å². The van der Waals surface area contributed by atoms with E-state index >= 15 is 0 Å². The standard InChI is InChI=1S/C20H24F2N4O3/c1-28-12-15(27)11-26-6-4-14(5-7-26)25-19-13(9-23)10-24-18-3-2-16(8-17(18)19)29-20(21)22/h2-3,8,10,14-15,20,27H,4-7,11-12H2,1H3,(H,24,25)/t15-/m0/s1. The van der Waals surface area contributed by atoms with E-state index in [1.165, 1.54) is 18.3 Å². The van der Waals surface area contributed by atoms with Crippen molar-refractivity contribution in [1.82, 2.24) is 9.88 Å². The fourth-order valence-corrected chi connectivity index (χ4v) is 3.60. The zero-order valence-electron chi connectivity index (χ0n) is 16.1. The summed E-state index contributed by atoms with van der Waals surface area (Å²) in [5.41, 5.74) is 1.52. The van der Waals surface area contributed by atoms with Crippen LogP contribution in [0.15, 0.2) is 24.4 Å². The van der Waals surface area contributed by atoms with Gasteiger partial charge in [0.1, 0.15) is 11.8 Å². The van der Waals surface area contributed by atoms with Crippen molar-refractivity contribution >= 4 is 16.6 Å². The average Bonchev–Trinajstić information content (AvgIpc) is 2.69. The maximum Gasteiger partial charge on any atom is 0.387 e. The number of hydrogen-bond donors (Lipinski definition) is 2. The zero-order chi connectivity index (χ0) is 20.8. The molecule has 1 aromatic carbocycles. The summed E-state index contributed by atoms with van der Waals surface area (Å²) in [7, 11) is 1.56. The van der Waals surface area contributed by atoms with Crippen LogP contribution in [0.5, 0.6) is 5.75 Å². The summed E-state index contributed by atoms with van der Waals surface area (Å²) in [5, 5.41) is 23.3. The van der Waals surface area contributed by atoms with Gasteiger partial charge in [0.05, 0.1) is 29.5 Å². The monoisotopic (exact) mass is 406 g/mol. The second-order valence-corrected chi connectivity index (χ2v) is 7.04. The first-order valence-corrected chi connectivity index (χ1v) is 9.43. The molecule has 2 N–H and O–H groups in total. The number of halogens is 2. The van der Waals surface area contributed by atoms with Gasteiger partial charge in [-0.1, -0.05) is 0 Å². The van der Waals surface area contributed by atoms with Crippen molar-refractivity contribution in [2.24, 2.45) is 0 Å². The van der Waals surface area contributed by atoms with Crippen LogP contribution >= 0.6 is 0 Å². The molecule has 2 heterocycles. The molecule has 0 aliphatic carbocycles. The van der Waals surface area contributed by atoms with Gasteiger partial charge in [-0.05, 0) is 31.0 Å². The van der Waals surface area contributed by atoms with Crippen molar-refractivity contribution in [3.63, 3.8) is 0 Å². The Balaban J connectivity index is 1.74. The SMILES string of the molecule is COC[C@@H](O)CN1CCC(Nc2c(C#N)cnc3ccc(OC(F)F)cc23)CC1. The number of rotatable bonds is 8. The molecule has 29 heavy (non-hydrogen) atoms. The lowest BCUT2D eigenvalue weighted by Gasteiger charge is -2.34. The number of aromatic nitrogens is 1. The number of ether oxygens (including phenoxy) is 2. The maximum absolute atomic E-state index is 12.6. The predicted molar refractivity (Wildman–Crippen MR) is 104 cm³/mol. The van der Waals surface area contributed by atoms with Crippen LogP contribution in [0.25, 0.3) is 10.9 Å². The summed E-state index contributed by atoms with van der Waals surface area (Å²) in [6, 6.07) is 6.74. The lowest BCUT2D eigenvalue weighted by Crippen LogP contribution is -2.43. The molecule has 1 saturated heterocycles. The van der Waals surface area contributed by atoms with E-state index in [4.69, 9.17) is 4.74 Å². The number of anilines is 1. The van der Waals surface area contributed by atoms with Crippen LogP contribution in [-0.2, 0) is 4.74 Å². The molecule has 1 aliphatic rings. The van der Waals surface area contributed by atoms with E-state index in [0.29, 0.717) is 35.3 Å². The molecule has 3 rings (SSSR count). The number of aliphatic hydroxyl groups excluding tert-OH is 1. The van der Waals surface area contributed by atoms with Crippen LogP contribution in [0.4, 0.5) is 14.5 Å². The number of likely N-dealkylation sites (tertiary alicyclic amines) is 1. The number of hydrogen-bond acceptors (Lipinski definition) is 7. The highest BCUT2D eigenvalue weighted by Gasteiger charge is 2.22. The molecule has 9 heteroatoms. The Labute approximate surface area is 167 Å². The van der Waals surface area contributed by atoms with Gasteiger partial charge in [0.15, 0.2) is 0 Å². The van der Waals surface area contributed by atoms with E-state index in [2.05, 4.69) is 26.0 Å². The van der Waals surface area contributed by atoms with Crippen LogP contribution in [-0.4, -0.2) is 67.1 Å². The Kier molecular flexibility index (Phi) is 7.14. The first kappa shape index (κ1) is 21.2. The van der Waals surface area contributed by atoms with Gasteiger partial charge in [-0.3, -0.25) is 4.98 Å². The molecular formula is C20H24F2N4O3. The number of nitrogens with zero attached hydrogens (tertiary/aromatic N) is 3.